The molecule has 0 bridgehead atoms. The Morgan fingerprint density at radius 3 is 2.09 bits per heavy atom. The standard InChI is InChI=1S/C29H34NO2PSi/c1-7-34(6,8-2)26-19-22-14-10-12-16-24(22)28-27-23-15-11-9-13-21(23)17-18-25(27)31-33(32-29(26)28)30(5)20(3)4/h9-20H,7-8H2,1-6H3. The van der Waals surface area contributed by atoms with E-state index < -0.39 is 16.2 Å². The second-order valence-electron chi connectivity index (χ2n) is 9.86. The van der Waals surface area contributed by atoms with Crippen molar-refractivity contribution in [1.82, 2.24) is 0 Å². The van der Waals surface area contributed by atoms with Crippen LogP contribution in [0.1, 0.15) is 27.7 Å². The van der Waals surface area contributed by atoms with Crippen LogP contribution in [0.2, 0.25) is 18.6 Å². The average Bonchev–Trinajstić information content (AvgIpc) is 3.04. The minimum absolute atomic E-state index is 0.307. The Balaban J connectivity index is 2.15. The predicted molar refractivity (Wildman–Crippen MR) is 153 cm³/mol. The molecule has 0 N–H and O–H groups in total. The number of rotatable bonds is 5. The van der Waals surface area contributed by atoms with Gasteiger partial charge in [-0.3, -0.25) is 0 Å². The van der Waals surface area contributed by atoms with Gasteiger partial charge in [0.1, 0.15) is 11.2 Å². The Hall–Kier alpha value is -2.52. The van der Waals surface area contributed by atoms with E-state index in [1.54, 1.807) is 0 Å². The maximum absolute atomic E-state index is 7.00. The molecule has 5 aromatic rings. The smallest absolute Gasteiger partial charge is 0.309 e. The van der Waals surface area contributed by atoms with E-state index in [9.17, 15) is 0 Å². The van der Waals surface area contributed by atoms with Gasteiger partial charge < -0.3 is 8.39 Å². The van der Waals surface area contributed by atoms with E-state index >= 15 is 0 Å². The molecule has 0 spiro atoms. The first-order valence-corrected chi connectivity index (χ1v) is 16.4. The molecular formula is C29H34NO2PSi. The van der Waals surface area contributed by atoms with Gasteiger partial charge in [0.2, 0.25) is 0 Å². The molecule has 0 aliphatic carbocycles. The lowest BCUT2D eigenvalue weighted by atomic mass is 9.98. The van der Waals surface area contributed by atoms with Gasteiger partial charge in [-0.25, -0.2) is 4.67 Å². The van der Waals surface area contributed by atoms with Crippen LogP contribution >= 0.6 is 8.16 Å². The highest BCUT2D eigenvalue weighted by Gasteiger charge is 2.30. The molecule has 4 aromatic carbocycles. The van der Waals surface area contributed by atoms with Crippen LogP contribution in [0.15, 0.2) is 75.1 Å². The van der Waals surface area contributed by atoms with Crippen LogP contribution in [0.3, 0.4) is 0 Å². The molecule has 0 amide bonds. The third kappa shape index (κ3) is 3.69. The maximum atomic E-state index is 7.00. The second-order valence-corrected chi connectivity index (χ2v) is 16.4. The van der Waals surface area contributed by atoms with E-state index in [1.165, 1.54) is 44.2 Å². The summed E-state index contributed by atoms with van der Waals surface area (Å²) in [4.78, 5) is 0. The van der Waals surface area contributed by atoms with Crippen molar-refractivity contribution in [3.05, 3.63) is 66.7 Å². The van der Waals surface area contributed by atoms with Crippen molar-refractivity contribution in [3.63, 3.8) is 0 Å². The van der Waals surface area contributed by atoms with Gasteiger partial charge in [0, 0.05) is 23.9 Å². The molecule has 1 aromatic heterocycles. The van der Waals surface area contributed by atoms with Crippen molar-refractivity contribution in [2.75, 3.05) is 11.7 Å². The first-order valence-electron chi connectivity index (χ1n) is 12.3. The van der Waals surface area contributed by atoms with Crippen LogP contribution < -0.4 is 9.86 Å². The van der Waals surface area contributed by atoms with Gasteiger partial charge in [0.15, 0.2) is 0 Å². The quantitative estimate of drug-likeness (QED) is 0.232. The molecule has 5 heteroatoms. The molecule has 0 saturated carbocycles. The van der Waals surface area contributed by atoms with Gasteiger partial charge in [-0.2, -0.15) is 0 Å². The van der Waals surface area contributed by atoms with Crippen LogP contribution in [-0.4, -0.2) is 21.2 Å². The van der Waals surface area contributed by atoms with E-state index in [4.69, 9.17) is 8.39 Å². The topological polar surface area (TPSA) is 29.5 Å². The Kier molecular flexibility index (Phi) is 6.10. The van der Waals surface area contributed by atoms with Crippen LogP contribution in [0.5, 0.6) is 0 Å². The van der Waals surface area contributed by atoms with Crippen molar-refractivity contribution in [1.29, 1.82) is 0 Å². The highest BCUT2D eigenvalue weighted by Crippen LogP contribution is 2.42. The molecule has 176 valence electrons. The SMILES string of the molecule is CC[Si](C)(CC)c1cc2ccccc2c2c1op(N(C)C(C)C)oc1ccc3ccccc3c12. The monoisotopic (exact) mass is 487 g/mol. The second kappa shape index (κ2) is 8.92. The summed E-state index contributed by atoms with van der Waals surface area (Å²) in [5.74, 6) is 0. The molecule has 0 fully saturated rings. The number of hydrogen-bond donors (Lipinski definition) is 0. The molecule has 1 heterocycles. The summed E-state index contributed by atoms with van der Waals surface area (Å²) in [6, 6.07) is 26.8. The fraction of sp³-hybridized carbons (Fsp3) is 0.310. The van der Waals surface area contributed by atoms with Gasteiger partial charge in [0.05, 0.1) is 8.07 Å². The summed E-state index contributed by atoms with van der Waals surface area (Å²) < 4.78 is 16.0. The van der Waals surface area contributed by atoms with Crippen molar-refractivity contribution in [2.45, 2.75) is 52.4 Å². The highest BCUT2D eigenvalue weighted by molar-refractivity contribution is 7.39. The number of nitrogens with zero attached hydrogens (tertiary/aromatic N) is 1. The van der Waals surface area contributed by atoms with Crippen LogP contribution in [0, 0.1) is 0 Å². The Morgan fingerprint density at radius 1 is 0.824 bits per heavy atom. The molecule has 0 aliphatic rings. The Labute approximate surface area is 204 Å². The Morgan fingerprint density at radius 2 is 1.44 bits per heavy atom. The summed E-state index contributed by atoms with van der Waals surface area (Å²) in [6.45, 7) is 11.6. The molecule has 34 heavy (non-hydrogen) atoms. The predicted octanol–water partition coefficient (Wildman–Crippen LogP) is 8.90. The molecule has 0 aliphatic heterocycles. The van der Waals surface area contributed by atoms with E-state index in [0.717, 1.165) is 16.6 Å². The lowest BCUT2D eigenvalue weighted by Crippen LogP contribution is -2.43. The Bertz CT molecular complexity index is 1550. The number of benzene rings is 4. The lowest BCUT2D eigenvalue weighted by molar-refractivity contribution is 0.616. The summed E-state index contributed by atoms with van der Waals surface area (Å²) in [6.07, 6.45) is 0. The fourth-order valence-corrected chi connectivity index (χ4v) is 8.75. The minimum Gasteiger partial charge on any atom is -0.408 e. The molecule has 3 nitrogen and oxygen atoms in total. The first-order chi connectivity index (χ1) is 16.4. The largest absolute Gasteiger partial charge is 0.408 e. The van der Waals surface area contributed by atoms with E-state index in [2.05, 4.69) is 113 Å². The van der Waals surface area contributed by atoms with Gasteiger partial charge >= 0.3 is 8.16 Å². The molecule has 1 unspecified atom stereocenters. The third-order valence-electron chi connectivity index (χ3n) is 7.70. The summed E-state index contributed by atoms with van der Waals surface area (Å²) in [5, 5.41) is 8.73. The van der Waals surface area contributed by atoms with Gasteiger partial charge in [-0.15, -0.1) is 0 Å². The number of fused-ring (bicyclic) bond motifs is 7. The van der Waals surface area contributed by atoms with E-state index in [0.29, 0.717) is 6.04 Å². The molecule has 1 atom stereocenters. The zero-order valence-electron chi connectivity index (χ0n) is 21.1. The zero-order chi connectivity index (χ0) is 24.0. The van der Waals surface area contributed by atoms with Crippen molar-refractivity contribution in [3.8, 4) is 0 Å². The average molecular weight is 488 g/mol. The van der Waals surface area contributed by atoms with E-state index in [1.807, 2.05) is 0 Å². The van der Waals surface area contributed by atoms with Crippen molar-refractivity contribution < 1.29 is 8.39 Å². The minimum atomic E-state index is -1.76. The molecular weight excluding hydrogens is 453 g/mol. The molecule has 0 saturated heterocycles. The van der Waals surface area contributed by atoms with Crippen LogP contribution in [0.4, 0.5) is 0 Å². The lowest BCUT2D eigenvalue weighted by Gasteiger charge is -2.26. The van der Waals surface area contributed by atoms with Crippen LogP contribution in [-0.2, 0) is 0 Å². The molecule has 5 rings (SSSR count). The summed E-state index contributed by atoms with van der Waals surface area (Å²) in [5.41, 5.74) is 1.96. The fourth-order valence-electron chi connectivity index (χ4n) is 4.83. The highest BCUT2D eigenvalue weighted by atomic mass is 31.1. The maximum Gasteiger partial charge on any atom is 0.309 e. The normalized spacial score (nSPS) is 13.1. The zero-order valence-corrected chi connectivity index (χ0v) is 22.9. The van der Waals surface area contributed by atoms with E-state index in [-0.39, 0.29) is 0 Å². The summed E-state index contributed by atoms with van der Waals surface area (Å²) in [7, 11) is -0.952. The van der Waals surface area contributed by atoms with Crippen molar-refractivity contribution >= 4 is 64.9 Å². The van der Waals surface area contributed by atoms with Gasteiger partial charge in [-0.05, 0) is 46.6 Å². The van der Waals surface area contributed by atoms with Crippen molar-refractivity contribution in [2.24, 2.45) is 0 Å². The van der Waals surface area contributed by atoms with Gasteiger partial charge in [-0.1, -0.05) is 93.1 Å². The molecule has 0 radical (unpaired) electrons. The van der Waals surface area contributed by atoms with Crippen LogP contribution in [0.25, 0.3) is 43.5 Å². The summed E-state index contributed by atoms with van der Waals surface area (Å²) >= 11 is 0. The first kappa shape index (κ1) is 23.2. The third-order valence-corrected chi connectivity index (χ3v) is 14.2. The number of hydrogen-bond acceptors (Lipinski definition) is 3. The van der Waals surface area contributed by atoms with Gasteiger partial charge in [0.25, 0.3) is 0 Å².